The van der Waals surface area contributed by atoms with Gasteiger partial charge in [0.25, 0.3) is 0 Å². The van der Waals surface area contributed by atoms with Crippen LogP contribution >= 0.6 is 0 Å². The third-order valence-corrected chi connectivity index (χ3v) is 4.59. The fourth-order valence-electron chi connectivity index (χ4n) is 3.43. The first-order valence-electron chi connectivity index (χ1n) is 7.60. The lowest BCUT2D eigenvalue weighted by Gasteiger charge is -2.10. The average molecular weight is 309 g/mol. The lowest BCUT2D eigenvalue weighted by Crippen LogP contribution is -2.16. The maximum absolute atomic E-state index is 12.7. The summed E-state index contributed by atoms with van der Waals surface area (Å²) in [4.78, 5) is 12.3. The van der Waals surface area contributed by atoms with Crippen LogP contribution in [0.3, 0.4) is 0 Å². The van der Waals surface area contributed by atoms with E-state index >= 15 is 0 Å². The van der Waals surface area contributed by atoms with Gasteiger partial charge in [0.1, 0.15) is 0 Å². The van der Waals surface area contributed by atoms with E-state index in [9.17, 15) is 18.0 Å². The number of rotatable bonds is 2. The summed E-state index contributed by atoms with van der Waals surface area (Å²) in [6.07, 6.45) is 3.84. The summed E-state index contributed by atoms with van der Waals surface area (Å²) in [6.45, 7) is 0. The molecule has 5 heteroatoms. The maximum atomic E-state index is 12.7. The van der Waals surface area contributed by atoms with Crippen LogP contribution in [0.4, 0.5) is 18.9 Å². The van der Waals surface area contributed by atoms with Gasteiger partial charge >= 0.3 is 6.18 Å². The van der Waals surface area contributed by atoms with Crippen molar-refractivity contribution in [3.05, 3.63) is 42.0 Å². The number of halogens is 3. The number of hydrogen-bond acceptors (Lipinski definition) is 1. The minimum absolute atomic E-state index is 0.0468. The van der Waals surface area contributed by atoms with E-state index in [1.807, 2.05) is 0 Å². The smallest absolute Gasteiger partial charge is 0.326 e. The summed E-state index contributed by atoms with van der Waals surface area (Å²) in [5, 5.41) is 2.65. The molecule has 1 aromatic rings. The molecular formula is C17H18F3NO. The van der Waals surface area contributed by atoms with Crippen molar-refractivity contribution >= 4 is 11.6 Å². The molecule has 1 aromatic carbocycles. The molecule has 0 radical (unpaired) electrons. The Morgan fingerprint density at radius 3 is 2.32 bits per heavy atom. The first kappa shape index (κ1) is 15.1. The Morgan fingerprint density at radius 2 is 1.73 bits per heavy atom. The first-order valence-corrected chi connectivity index (χ1v) is 7.60. The lowest BCUT2D eigenvalue weighted by atomic mass is 10.1. The maximum Gasteiger partial charge on any atom is 0.416 e. The molecule has 3 rings (SSSR count). The van der Waals surface area contributed by atoms with Crippen LogP contribution in [0, 0.1) is 17.8 Å². The summed E-state index contributed by atoms with van der Waals surface area (Å²) < 4.78 is 38.1. The molecule has 1 N–H and O–H groups in total. The molecule has 0 heterocycles. The highest BCUT2D eigenvalue weighted by molar-refractivity contribution is 5.95. The highest BCUT2D eigenvalue weighted by atomic mass is 19.4. The van der Waals surface area contributed by atoms with Gasteiger partial charge in [-0.15, -0.1) is 0 Å². The van der Waals surface area contributed by atoms with Gasteiger partial charge in [-0.1, -0.05) is 18.2 Å². The van der Waals surface area contributed by atoms with E-state index in [0.717, 1.165) is 37.8 Å². The normalized spacial score (nSPS) is 27.5. The van der Waals surface area contributed by atoms with E-state index in [0.29, 0.717) is 11.8 Å². The van der Waals surface area contributed by atoms with Crippen LogP contribution in [0.1, 0.15) is 31.2 Å². The standard InChI is InChI=1S/C17H18F3NO/c18-17(19,20)11-6-5-7-12(10-11)21-16(22)15-13-8-3-1-2-4-9-14(13)15/h1-2,5-7,10,13-15H,3-4,8-9H2,(H,21,22)/t13-,14+,15?. The number of carbonyl (C=O) groups is 1. The highest BCUT2D eigenvalue weighted by Crippen LogP contribution is 2.53. The Hall–Kier alpha value is -1.78. The van der Waals surface area contributed by atoms with Crippen LogP contribution < -0.4 is 5.32 Å². The van der Waals surface area contributed by atoms with Crippen LogP contribution in [0.15, 0.2) is 36.4 Å². The molecule has 1 amide bonds. The fraction of sp³-hybridized carbons (Fsp3) is 0.471. The van der Waals surface area contributed by atoms with Crippen LogP contribution in [-0.2, 0) is 11.0 Å². The van der Waals surface area contributed by atoms with Crippen LogP contribution in [0.5, 0.6) is 0 Å². The van der Waals surface area contributed by atoms with Crippen molar-refractivity contribution in [2.24, 2.45) is 17.8 Å². The lowest BCUT2D eigenvalue weighted by molar-refractivity contribution is -0.137. The molecule has 118 valence electrons. The van der Waals surface area contributed by atoms with Gasteiger partial charge in [-0.2, -0.15) is 13.2 Å². The minimum Gasteiger partial charge on any atom is -0.326 e. The van der Waals surface area contributed by atoms with Crippen molar-refractivity contribution in [3.8, 4) is 0 Å². The molecule has 22 heavy (non-hydrogen) atoms. The number of anilines is 1. The summed E-state index contributed by atoms with van der Waals surface area (Å²) in [6, 6.07) is 4.81. The summed E-state index contributed by atoms with van der Waals surface area (Å²) in [5.41, 5.74) is -0.520. The van der Waals surface area contributed by atoms with Gasteiger partial charge in [0, 0.05) is 11.6 Å². The molecule has 0 aromatic heterocycles. The molecule has 1 unspecified atom stereocenters. The molecule has 0 saturated heterocycles. The van der Waals surface area contributed by atoms with E-state index in [2.05, 4.69) is 17.5 Å². The van der Waals surface area contributed by atoms with Crippen molar-refractivity contribution < 1.29 is 18.0 Å². The van der Waals surface area contributed by atoms with E-state index in [1.54, 1.807) is 0 Å². The number of benzene rings is 1. The van der Waals surface area contributed by atoms with Crippen molar-refractivity contribution in [2.75, 3.05) is 5.32 Å². The zero-order chi connectivity index (χ0) is 15.7. The number of allylic oxidation sites excluding steroid dienone is 2. The van der Waals surface area contributed by atoms with E-state index in [1.165, 1.54) is 12.1 Å². The molecule has 0 bridgehead atoms. The quantitative estimate of drug-likeness (QED) is 0.793. The zero-order valence-corrected chi connectivity index (χ0v) is 12.1. The second kappa shape index (κ2) is 5.78. The zero-order valence-electron chi connectivity index (χ0n) is 12.1. The minimum atomic E-state index is -4.39. The summed E-state index contributed by atoms with van der Waals surface area (Å²) in [5.74, 6) is 0.581. The monoisotopic (exact) mass is 309 g/mol. The van der Waals surface area contributed by atoms with Crippen molar-refractivity contribution in [1.82, 2.24) is 0 Å². The molecule has 1 fully saturated rings. The van der Waals surface area contributed by atoms with Gasteiger partial charge in [0.15, 0.2) is 0 Å². The first-order chi connectivity index (χ1) is 10.5. The largest absolute Gasteiger partial charge is 0.416 e. The second-order valence-electron chi connectivity index (χ2n) is 6.05. The Labute approximate surface area is 127 Å². The van der Waals surface area contributed by atoms with Gasteiger partial charge < -0.3 is 5.32 Å². The van der Waals surface area contributed by atoms with Gasteiger partial charge in [0.05, 0.1) is 5.56 Å². The molecule has 0 aliphatic heterocycles. The molecule has 3 atom stereocenters. The van der Waals surface area contributed by atoms with Gasteiger partial charge in [-0.3, -0.25) is 4.79 Å². The molecular weight excluding hydrogens is 291 g/mol. The predicted octanol–water partition coefficient (Wildman–Crippen LogP) is 4.64. The van der Waals surface area contributed by atoms with E-state index < -0.39 is 11.7 Å². The van der Waals surface area contributed by atoms with Crippen LogP contribution in [0.25, 0.3) is 0 Å². The van der Waals surface area contributed by atoms with Crippen LogP contribution in [0.2, 0.25) is 0 Å². The average Bonchev–Trinajstić information content (AvgIpc) is 3.09. The number of hydrogen-bond donors (Lipinski definition) is 1. The second-order valence-corrected chi connectivity index (χ2v) is 6.05. The number of fused-ring (bicyclic) bond motifs is 1. The Morgan fingerprint density at radius 1 is 1.09 bits per heavy atom. The topological polar surface area (TPSA) is 29.1 Å². The Balaban J connectivity index is 1.66. The Bertz CT molecular complexity index is 578. The van der Waals surface area contributed by atoms with Crippen molar-refractivity contribution in [3.63, 3.8) is 0 Å². The molecule has 2 aliphatic carbocycles. The number of alkyl halides is 3. The third kappa shape index (κ3) is 3.18. The Kier molecular flexibility index (Phi) is 3.98. The number of nitrogens with one attached hydrogen (secondary N) is 1. The van der Waals surface area contributed by atoms with Gasteiger partial charge in [-0.25, -0.2) is 0 Å². The SMILES string of the molecule is O=C(Nc1cccc(C(F)(F)F)c1)C1[C@H]2CCC=CCC[C@@H]12. The molecule has 0 spiro atoms. The van der Waals surface area contributed by atoms with Crippen molar-refractivity contribution in [2.45, 2.75) is 31.9 Å². The number of carbonyl (C=O) groups excluding carboxylic acids is 1. The summed E-state index contributed by atoms with van der Waals surface area (Å²) >= 11 is 0. The van der Waals surface area contributed by atoms with E-state index in [4.69, 9.17) is 0 Å². The van der Waals surface area contributed by atoms with Gasteiger partial charge in [-0.05, 0) is 55.7 Å². The molecule has 2 aliphatic rings. The van der Waals surface area contributed by atoms with E-state index in [-0.39, 0.29) is 17.5 Å². The molecule has 2 nitrogen and oxygen atoms in total. The number of amides is 1. The fourth-order valence-corrected chi connectivity index (χ4v) is 3.43. The van der Waals surface area contributed by atoms with Gasteiger partial charge in [0.2, 0.25) is 5.91 Å². The molecule has 1 saturated carbocycles. The summed E-state index contributed by atoms with van der Waals surface area (Å²) in [7, 11) is 0. The highest BCUT2D eigenvalue weighted by Gasteiger charge is 2.53. The third-order valence-electron chi connectivity index (χ3n) is 4.59. The van der Waals surface area contributed by atoms with Crippen LogP contribution in [-0.4, -0.2) is 5.91 Å². The van der Waals surface area contributed by atoms with Crippen molar-refractivity contribution in [1.29, 1.82) is 0 Å². The predicted molar refractivity (Wildman–Crippen MR) is 78.2 cm³/mol.